The van der Waals surface area contributed by atoms with Crippen LogP contribution < -0.4 is 0 Å². The summed E-state index contributed by atoms with van der Waals surface area (Å²) in [4.78, 5) is 23.4. The number of allylic oxidation sites excluding steroid dienone is 3. The van der Waals surface area contributed by atoms with E-state index in [2.05, 4.69) is 105 Å². The number of nitrogens with zero attached hydrogens (tertiary/aromatic N) is 7. The third-order valence-corrected chi connectivity index (χ3v) is 8.20. The lowest BCUT2D eigenvalue weighted by Crippen LogP contribution is -2.00. The summed E-state index contributed by atoms with van der Waals surface area (Å²) in [5.41, 5.74) is 12.4. The molecule has 0 saturated carbocycles. The molecule has 0 aliphatic rings. The Kier molecular flexibility index (Phi) is 6.35. The van der Waals surface area contributed by atoms with Crippen molar-refractivity contribution in [3.63, 3.8) is 0 Å². The molecule has 0 aliphatic heterocycles. The van der Waals surface area contributed by atoms with E-state index in [1.807, 2.05) is 55.9 Å². The topological polar surface area (TPSA) is 73.8 Å². The minimum Gasteiger partial charge on any atom is -0.292 e. The molecule has 5 heterocycles. The van der Waals surface area contributed by atoms with Crippen LogP contribution in [0.4, 0.5) is 0 Å². The Morgan fingerprint density at radius 2 is 1.33 bits per heavy atom. The van der Waals surface area contributed by atoms with Crippen LogP contribution in [-0.2, 0) is 0 Å². The third-order valence-electron chi connectivity index (χ3n) is 8.20. The Morgan fingerprint density at radius 3 is 2.09 bits per heavy atom. The van der Waals surface area contributed by atoms with Gasteiger partial charge in [0.15, 0.2) is 11.3 Å². The largest absolute Gasteiger partial charge is 0.292 e. The van der Waals surface area contributed by atoms with Gasteiger partial charge >= 0.3 is 0 Å². The second-order valence-corrected chi connectivity index (χ2v) is 10.7. The molecule has 8 rings (SSSR count). The molecule has 45 heavy (non-hydrogen) atoms. The summed E-state index contributed by atoms with van der Waals surface area (Å²) in [6.45, 7) is 5.57. The van der Waals surface area contributed by atoms with Crippen molar-refractivity contribution < 1.29 is 0 Å². The van der Waals surface area contributed by atoms with Crippen LogP contribution in [0.5, 0.6) is 0 Å². The number of hydrogen-bond acceptors (Lipinski definition) is 5. The quantitative estimate of drug-likeness (QED) is 0.145. The number of benzene rings is 3. The Morgan fingerprint density at radius 1 is 0.667 bits per heavy atom. The molecule has 0 atom stereocenters. The second-order valence-electron chi connectivity index (χ2n) is 10.7. The number of hydrogen-bond donors (Lipinski definition) is 0. The number of aliphatic imine (C=N–C) groups is 1. The van der Waals surface area contributed by atoms with Gasteiger partial charge in [-0.15, -0.1) is 0 Å². The molecule has 3 aromatic carbocycles. The molecule has 0 unspecified atom stereocenters. The first-order valence-corrected chi connectivity index (χ1v) is 14.7. The second kappa shape index (κ2) is 10.8. The number of fused-ring (bicyclic) bond motifs is 6. The molecule has 8 aromatic rings. The van der Waals surface area contributed by atoms with Crippen LogP contribution in [0.3, 0.4) is 0 Å². The Balaban J connectivity index is 1.36. The standard InChI is InChI=1S/C38H27N7/c1-3-25(18-22-39-2)26-10-14-30(15-11-26)45-33-9-6-21-41-35(33)36-38(45)43-37-34(42-36)31-7-4-5-8-32(31)44(37)29-16-12-27(13-17-29)28-19-23-40-24-20-28/h3-24H,2H2,1H3/b22-18-,25-3+. The highest BCUT2D eigenvalue weighted by molar-refractivity contribution is 6.11. The molecule has 5 aromatic heterocycles. The summed E-state index contributed by atoms with van der Waals surface area (Å²) in [6.07, 6.45) is 11.2. The van der Waals surface area contributed by atoms with E-state index in [1.54, 1.807) is 6.20 Å². The molecule has 7 nitrogen and oxygen atoms in total. The highest BCUT2D eigenvalue weighted by Crippen LogP contribution is 2.35. The van der Waals surface area contributed by atoms with Gasteiger partial charge in [0.25, 0.3) is 0 Å². The van der Waals surface area contributed by atoms with E-state index in [4.69, 9.17) is 15.0 Å². The van der Waals surface area contributed by atoms with Gasteiger partial charge in [-0.05, 0) is 96.6 Å². The summed E-state index contributed by atoms with van der Waals surface area (Å²) in [5.74, 6) is 0. The highest BCUT2D eigenvalue weighted by Gasteiger charge is 2.21. The van der Waals surface area contributed by atoms with Crippen molar-refractivity contribution in [2.24, 2.45) is 4.99 Å². The van der Waals surface area contributed by atoms with E-state index >= 15 is 0 Å². The van der Waals surface area contributed by atoms with Crippen LogP contribution >= 0.6 is 0 Å². The maximum Gasteiger partial charge on any atom is 0.168 e. The van der Waals surface area contributed by atoms with Crippen molar-refractivity contribution in [2.75, 3.05) is 0 Å². The summed E-state index contributed by atoms with van der Waals surface area (Å²) >= 11 is 0. The minimum absolute atomic E-state index is 0.753. The summed E-state index contributed by atoms with van der Waals surface area (Å²) < 4.78 is 4.35. The van der Waals surface area contributed by atoms with Gasteiger partial charge in [0.2, 0.25) is 0 Å². The fourth-order valence-electron chi connectivity index (χ4n) is 6.09. The molecular weight excluding hydrogens is 554 g/mol. The van der Waals surface area contributed by atoms with Crippen molar-refractivity contribution in [3.8, 4) is 22.5 Å². The first kappa shape index (κ1) is 26.4. The predicted octanol–water partition coefficient (Wildman–Crippen LogP) is 8.75. The van der Waals surface area contributed by atoms with Crippen LogP contribution in [0.15, 0.2) is 139 Å². The van der Waals surface area contributed by atoms with Gasteiger partial charge in [0, 0.05) is 41.6 Å². The summed E-state index contributed by atoms with van der Waals surface area (Å²) in [6, 6.07) is 33.4. The van der Waals surface area contributed by atoms with E-state index in [-0.39, 0.29) is 0 Å². The molecule has 214 valence electrons. The zero-order valence-corrected chi connectivity index (χ0v) is 24.5. The smallest absolute Gasteiger partial charge is 0.168 e. The zero-order valence-electron chi connectivity index (χ0n) is 24.5. The maximum absolute atomic E-state index is 5.37. The molecule has 0 N–H and O–H groups in total. The van der Waals surface area contributed by atoms with Gasteiger partial charge in [0.05, 0.1) is 11.0 Å². The summed E-state index contributed by atoms with van der Waals surface area (Å²) in [7, 11) is 0. The highest BCUT2D eigenvalue weighted by atomic mass is 15.1. The predicted molar refractivity (Wildman–Crippen MR) is 184 cm³/mol. The van der Waals surface area contributed by atoms with Gasteiger partial charge < -0.3 is 0 Å². The molecule has 0 radical (unpaired) electrons. The SMILES string of the molecule is C=N/C=C\C(=C/C)c1ccc(-n2c3cccnc3c3nc4c5ccccc5n(-c5ccc(-c6ccncc6)cc5)c4nc32)cc1. The summed E-state index contributed by atoms with van der Waals surface area (Å²) in [5, 5.41) is 1.04. The van der Waals surface area contributed by atoms with Crippen molar-refractivity contribution >= 4 is 56.6 Å². The maximum atomic E-state index is 5.37. The van der Waals surface area contributed by atoms with Gasteiger partial charge in [-0.1, -0.05) is 48.5 Å². The van der Waals surface area contributed by atoms with Gasteiger partial charge in [0.1, 0.15) is 16.6 Å². The normalized spacial score (nSPS) is 12.2. The lowest BCUT2D eigenvalue weighted by Gasteiger charge is -2.10. The van der Waals surface area contributed by atoms with E-state index < -0.39 is 0 Å². The van der Waals surface area contributed by atoms with Gasteiger partial charge in [-0.2, -0.15) is 0 Å². The Bertz CT molecular complexity index is 2430. The van der Waals surface area contributed by atoms with E-state index in [0.717, 1.165) is 77.9 Å². The Labute approximate surface area is 259 Å². The number of rotatable bonds is 6. The van der Waals surface area contributed by atoms with E-state index in [9.17, 15) is 0 Å². The third kappa shape index (κ3) is 4.33. The molecule has 0 saturated heterocycles. The fraction of sp³-hybridized carbons (Fsp3) is 0.0263. The minimum atomic E-state index is 0.753. The van der Waals surface area contributed by atoms with Crippen molar-refractivity contribution in [2.45, 2.75) is 6.92 Å². The van der Waals surface area contributed by atoms with Crippen LogP contribution in [0, 0.1) is 0 Å². The van der Waals surface area contributed by atoms with E-state index in [0.29, 0.717) is 0 Å². The first-order chi connectivity index (χ1) is 22.2. The zero-order chi connectivity index (χ0) is 30.3. The number of aromatic nitrogens is 6. The van der Waals surface area contributed by atoms with E-state index in [1.165, 1.54) is 0 Å². The fourth-order valence-corrected chi connectivity index (χ4v) is 6.09. The van der Waals surface area contributed by atoms with Gasteiger partial charge in [-0.3, -0.25) is 24.1 Å². The Hall–Kier alpha value is -6.21. The number of para-hydroxylation sites is 1. The van der Waals surface area contributed by atoms with Crippen LogP contribution in [0.25, 0.3) is 72.3 Å². The average Bonchev–Trinajstić information content (AvgIpc) is 3.60. The monoisotopic (exact) mass is 581 g/mol. The van der Waals surface area contributed by atoms with Crippen molar-refractivity contribution in [1.29, 1.82) is 0 Å². The van der Waals surface area contributed by atoms with Crippen LogP contribution in [0.1, 0.15) is 12.5 Å². The first-order valence-electron chi connectivity index (χ1n) is 14.7. The molecule has 7 heteroatoms. The van der Waals surface area contributed by atoms with Gasteiger partial charge in [-0.25, -0.2) is 9.97 Å². The average molecular weight is 582 g/mol. The lowest BCUT2D eigenvalue weighted by atomic mass is 10.1. The molecule has 0 bridgehead atoms. The lowest BCUT2D eigenvalue weighted by molar-refractivity contribution is 1.10. The molecule has 0 aliphatic carbocycles. The molecule has 0 spiro atoms. The van der Waals surface area contributed by atoms with Crippen molar-refractivity contribution in [3.05, 3.63) is 140 Å². The molecule has 0 fully saturated rings. The van der Waals surface area contributed by atoms with Crippen LogP contribution in [-0.4, -0.2) is 35.8 Å². The molecule has 0 amide bonds. The van der Waals surface area contributed by atoms with Crippen molar-refractivity contribution in [1.82, 2.24) is 29.1 Å². The number of pyridine rings is 2. The van der Waals surface area contributed by atoms with Crippen LogP contribution in [0.2, 0.25) is 0 Å². The molecular formula is C38H27N7.